The van der Waals surface area contributed by atoms with E-state index < -0.39 is 11.6 Å². The van der Waals surface area contributed by atoms with Crippen LogP contribution in [-0.2, 0) is 6.42 Å². The fourth-order valence-corrected chi connectivity index (χ4v) is 2.33. The number of hydrogen-bond donors (Lipinski definition) is 1. The van der Waals surface area contributed by atoms with Crippen LogP contribution in [0.5, 0.6) is 0 Å². The van der Waals surface area contributed by atoms with E-state index >= 15 is 0 Å². The monoisotopic (exact) mass is 358 g/mol. The third-order valence-corrected chi connectivity index (χ3v) is 3.61. The van der Waals surface area contributed by atoms with Crippen molar-refractivity contribution in [1.82, 2.24) is 10.1 Å². The molecule has 0 saturated carbocycles. The molecule has 2 aromatic carbocycles. The Bertz CT molecular complexity index is 925. The summed E-state index contributed by atoms with van der Waals surface area (Å²) in [6, 6.07) is 9.32. The Labute approximate surface area is 147 Å². The molecule has 132 valence electrons. The molecular weight excluding hydrogens is 345 g/mol. The molecule has 0 atom stereocenters. The van der Waals surface area contributed by atoms with Crippen molar-refractivity contribution in [3.05, 3.63) is 65.3 Å². The van der Waals surface area contributed by atoms with E-state index in [1.54, 1.807) is 18.2 Å². The molecule has 0 amide bonds. The fourth-order valence-electron chi connectivity index (χ4n) is 2.33. The van der Waals surface area contributed by atoms with Crippen LogP contribution in [0, 0.1) is 28.8 Å². The van der Waals surface area contributed by atoms with Crippen molar-refractivity contribution in [2.45, 2.75) is 12.8 Å². The zero-order chi connectivity index (χ0) is 18.5. The average Bonchev–Trinajstić information content (AvgIpc) is 3.09. The van der Waals surface area contributed by atoms with Crippen LogP contribution in [0.25, 0.3) is 11.4 Å². The zero-order valence-corrected chi connectivity index (χ0v) is 13.5. The van der Waals surface area contributed by atoms with Crippen molar-refractivity contribution in [2.24, 2.45) is 0 Å². The molecule has 0 aliphatic heterocycles. The second-order valence-electron chi connectivity index (χ2n) is 5.48. The first kappa shape index (κ1) is 17.5. The molecule has 0 aliphatic rings. The van der Waals surface area contributed by atoms with E-state index in [-0.39, 0.29) is 23.6 Å². The van der Waals surface area contributed by atoms with E-state index in [0.717, 1.165) is 12.1 Å². The Morgan fingerprint density at radius 1 is 1.08 bits per heavy atom. The number of nitrogens with zero attached hydrogens (tertiary/aromatic N) is 3. The Morgan fingerprint density at radius 3 is 2.42 bits per heavy atom. The maximum atomic E-state index is 13.7. The van der Waals surface area contributed by atoms with Crippen molar-refractivity contribution in [3.8, 4) is 17.5 Å². The van der Waals surface area contributed by atoms with Gasteiger partial charge in [-0.1, -0.05) is 5.16 Å². The molecule has 5 nitrogen and oxygen atoms in total. The largest absolute Gasteiger partial charge is 0.380 e. The summed E-state index contributed by atoms with van der Waals surface area (Å²) in [4.78, 5) is 4.20. The van der Waals surface area contributed by atoms with Gasteiger partial charge in [0, 0.05) is 18.5 Å². The summed E-state index contributed by atoms with van der Waals surface area (Å²) in [5, 5.41) is 15.1. The Balaban J connectivity index is 1.55. The molecule has 0 unspecified atom stereocenters. The SMILES string of the molecule is N#Cc1cc(F)c(NCCCc2nc(-c3ccc(F)cc3)no2)c(F)c1. The van der Waals surface area contributed by atoms with Crippen molar-refractivity contribution in [1.29, 1.82) is 5.26 Å². The van der Waals surface area contributed by atoms with Crippen LogP contribution in [0.3, 0.4) is 0 Å². The van der Waals surface area contributed by atoms with Crippen LogP contribution in [-0.4, -0.2) is 16.7 Å². The molecule has 3 rings (SSSR count). The van der Waals surface area contributed by atoms with E-state index in [0.29, 0.717) is 30.1 Å². The highest BCUT2D eigenvalue weighted by molar-refractivity contribution is 5.53. The maximum Gasteiger partial charge on any atom is 0.227 e. The molecule has 1 aromatic heterocycles. The molecule has 8 heteroatoms. The third kappa shape index (κ3) is 4.00. The summed E-state index contributed by atoms with van der Waals surface area (Å²) in [7, 11) is 0. The van der Waals surface area contributed by atoms with E-state index in [9.17, 15) is 13.2 Å². The summed E-state index contributed by atoms with van der Waals surface area (Å²) in [6.45, 7) is 0.272. The first-order chi connectivity index (χ1) is 12.6. The maximum absolute atomic E-state index is 13.7. The van der Waals surface area contributed by atoms with Crippen LogP contribution >= 0.6 is 0 Å². The lowest BCUT2D eigenvalue weighted by Gasteiger charge is -2.08. The van der Waals surface area contributed by atoms with Gasteiger partial charge in [-0.2, -0.15) is 10.2 Å². The normalized spacial score (nSPS) is 10.5. The van der Waals surface area contributed by atoms with Gasteiger partial charge in [0.25, 0.3) is 0 Å². The van der Waals surface area contributed by atoms with Crippen LogP contribution in [0.15, 0.2) is 40.9 Å². The minimum Gasteiger partial charge on any atom is -0.380 e. The summed E-state index contributed by atoms with van der Waals surface area (Å²) < 4.78 is 45.5. The molecule has 0 spiro atoms. The molecule has 0 bridgehead atoms. The number of aryl methyl sites for hydroxylation is 1. The predicted octanol–water partition coefficient (Wildman–Crippen LogP) is 4.07. The highest BCUT2D eigenvalue weighted by atomic mass is 19.1. The quantitative estimate of drug-likeness (QED) is 0.672. The van der Waals surface area contributed by atoms with Crippen molar-refractivity contribution in [3.63, 3.8) is 0 Å². The third-order valence-electron chi connectivity index (χ3n) is 3.61. The van der Waals surface area contributed by atoms with Gasteiger partial charge in [-0.15, -0.1) is 0 Å². The number of rotatable bonds is 6. The first-order valence-corrected chi connectivity index (χ1v) is 7.78. The predicted molar refractivity (Wildman–Crippen MR) is 87.6 cm³/mol. The minimum atomic E-state index is -0.821. The van der Waals surface area contributed by atoms with Gasteiger partial charge in [-0.3, -0.25) is 0 Å². The number of halogens is 3. The molecular formula is C18H13F3N4O. The lowest BCUT2D eigenvalue weighted by Crippen LogP contribution is -2.07. The van der Waals surface area contributed by atoms with Gasteiger partial charge in [0.1, 0.15) is 11.5 Å². The smallest absolute Gasteiger partial charge is 0.227 e. The number of benzene rings is 2. The number of aromatic nitrogens is 2. The molecule has 0 radical (unpaired) electrons. The summed E-state index contributed by atoms with van der Waals surface area (Å²) >= 11 is 0. The van der Waals surface area contributed by atoms with Crippen molar-refractivity contribution < 1.29 is 17.7 Å². The van der Waals surface area contributed by atoms with Gasteiger partial charge in [0.05, 0.1) is 11.6 Å². The molecule has 0 saturated heterocycles. The van der Waals surface area contributed by atoms with Gasteiger partial charge in [0.15, 0.2) is 11.6 Å². The summed E-state index contributed by atoms with van der Waals surface area (Å²) in [5.74, 6) is -1.29. The molecule has 1 heterocycles. The van der Waals surface area contributed by atoms with E-state index in [1.165, 1.54) is 12.1 Å². The molecule has 0 fully saturated rings. The van der Waals surface area contributed by atoms with Crippen LogP contribution in [0.1, 0.15) is 17.9 Å². The molecule has 3 aromatic rings. The van der Waals surface area contributed by atoms with E-state index in [2.05, 4.69) is 15.5 Å². The van der Waals surface area contributed by atoms with Crippen molar-refractivity contribution >= 4 is 5.69 Å². The molecule has 1 N–H and O–H groups in total. The Morgan fingerprint density at radius 2 is 1.77 bits per heavy atom. The van der Waals surface area contributed by atoms with Crippen LogP contribution < -0.4 is 5.32 Å². The number of nitriles is 1. The topological polar surface area (TPSA) is 74.7 Å². The summed E-state index contributed by atoms with van der Waals surface area (Å²) in [6.07, 6.45) is 0.893. The number of nitrogens with one attached hydrogen (secondary N) is 1. The second-order valence-corrected chi connectivity index (χ2v) is 5.48. The second kappa shape index (κ2) is 7.70. The van der Waals surface area contributed by atoms with Gasteiger partial charge >= 0.3 is 0 Å². The van der Waals surface area contributed by atoms with E-state index in [1.807, 2.05) is 0 Å². The van der Waals surface area contributed by atoms with E-state index in [4.69, 9.17) is 9.78 Å². The fraction of sp³-hybridized carbons (Fsp3) is 0.167. The van der Waals surface area contributed by atoms with Gasteiger partial charge < -0.3 is 9.84 Å². The summed E-state index contributed by atoms with van der Waals surface area (Å²) in [5.41, 5.74) is 0.271. The molecule has 0 aliphatic carbocycles. The van der Waals surface area contributed by atoms with Crippen LogP contribution in [0.4, 0.5) is 18.9 Å². The highest BCUT2D eigenvalue weighted by Gasteiger charge is 2.12. The molecule has 26 heavy (non-hydrogen) atoms. The highest BCUT2D eigenvalue weighted by Crippen LogP contribution is 2.21. The van der Waals surface area contributed by atoms with Gasteiger partial charge in [0.2, 0.25) is 11.7 Å². The van der Waals surface area contributed by atoms with Gasteiger partial charge in [-0.25, -0.2) is 13.2 Å². The standard InChI is InChI=1S/C18H13F3N4O/c19-13-5-3-12(4-6-13)18-24-16(26-25-18)2-1-7-23-17-14(20)8-11(10-22)9-15(17)21/h3-6,8-9,23H,1-2,7H2. The number of anilines is 1. The minimum absolute atomic E-state index is 0.0790. The Hall–Kier alpha value is -3.34. The first-order valence-electron chi connectivity index (χ1n) is 7.78. The average molecular weight is 358 g/mol. The zero-order valence-electron chi connectivity index (χ0n) is 13.5. The number of hydrogen-bond acceptors (Lipinski definition) is 5. The van der Waals surface area contributed by atoms with Crippen LogP contribution in [0.2, 0.25) is 0 Å². The van der Waals surface area contributed by atoms with Gasteiger partial charge in [-0.05, 0) is 42.8 Å². The lowest BCUT2D eigenvalue weighted by atomic mass is 10.2. The lowest BCUT2D eigenvalue weighted by molar-refractivity contribution is 0.377. The van der Waals surface area contributed by atoms with Crippen molar-refractivity contribution in [2.75, 3.05) is 11.9 Å². The Kier molecular flexibility index (Phi) is 5.17.